The second-order valence-electron chi connectivity index (χ2n) is 25.6. The molecule has 63 heavy (non-hydrogen) atoms. The Hall–Kier alpha value is -1.32. The van der Waals surface area contributed by atoms with Crippen LogP contribution in [-0.4, -0.2) is 125 Å². The largest absolute Gasteiger partial charge is 0.390 e. The van der Waals surface area contributed by atoms with Crippen LogP contribution in [0, 0.1) is 87.8 Å². The first-order valence-corrected chi connectivity index (χ1v) is 26.9. The van der Waals surface area contributed by atoms with Gasteiger partial charge in [-0.3, -0.25) is 19.4 Å². The number of likely N-dealkylation sites (N-methyl/N-ethyl adjacent to an activating group) is 1. The van der Waals surface area contributed by atoms with Crippen molar-refractivity contribution in [2.45, 2.75) is 162 Å². The summed E-state index contributed by atoms with van der Waals surface area (Å²) in [6, 6.07) is 0. The average molecular weight is 873 g/mol. The molecule has 10 rings (SSSR count). The number of hydrogen-bond donors (Lipinski definition) is 2. The normalized spacial score (nSPS) is 48.9. The van der Waals surface area contributed by atoms with E-state index in [4.69, 9.17) is 0 Å². The van der Waals surface area contributed by atoms with E-state index >= 15 is 0 Å². The zero-order chi connectivity index (χ0) is 44.6. The van der Waals surface area contributed by atoms with Crippen molar-refractivity contribution in [2.75, 3.05) is 72.5 Å². The standard InChI is InChI=1S/C29H48N2O2.C26H44N2O2/c1-19(18-30-12-14-31(15-13-30)21(3)32)26-8-9-27-24-7-6-22-17-29(5,33)20(2)16-25(22)23(24)10-11-28(26,27)4;1-25(30)10-8-19-18(16-25)4-5-21-20(19)9-11-26(2)22(21)6-7-23(26)24(29)17-28-14-12-27(3)13-15-28/h20,22-27,33H,1,6-18H2,2-5H3;18-23,30H,4-17H2,1-3H3/t20-,22-,23-,24+,25-,26+,27-,28+,29-;18-,19+,20-,21-,22+,23-,25-,26+/m01/s1. The van der Waals surface area contributed by atoms with Crippen LogP contribution in [0.4, 0.5) is 0 Å². The van der Waals surface area contributed by atoms with Gasteiger partial charge in [-0.1, -0.05) is 32.9 Å². The van der Waals surface area contributed by atoms with Crippen molar-refractivity contribution in [2.24, 2.45) is 87.8 Å². The summed E-state index contributed by atoms with van der Waals surface area (Å²) in [5, 5.41) is 21.5. The molecule has 0 aromatic carbocycles. The summed E-state index contributed by atoms with van der Waals surface area (Å²) in [7, 11) is 2.18. The number of nitrogens with zero attached hydrogens (tertiary/aromatic N) is 4. The van der Waals surface area contributed by atoms with Gasteiger partial charge >= 0.3 is 0 Å². The molecule has 10 fully saturated rings. The second-order valence-corrected chi connectivity index (χ2v) is 25.6. The van der Waals surface area contributed by atoms with E-state index in [1.165, 1.54) is 89.0 Å². The van der Waals surface area contributed by atoms with Crippen molar-refractivity contribution in [1.82, 2.24) is 19.6 Å². The Morgan fingerprint density at radius 3 is 1.73 bits per heavy atom. The van der Waals surface area contributed by atoms with Crippen LogP contribution < -0.4 is 0 Å². The van der Waals surface area contributed by atoms with Crippen molar-refractivity contribution in [3.63, 3.8) is 0 Å². The number of aliphatic hydroxyl groups is 2. The fourth-order valence-electron chi connectivity index (χ4n) is 18.5. The second kappa shape index (κ2) is 18.0. The Morgan fingerprint density at radius 1 is 0.587 bits per heavy atom. The maximum absolute atomic E-state index is 13.4. The van der Waals surface area contributed by atoms with E-state index in [-0.39, 0.29) is 11.3 Å². The van der Waals surface area contributed by atoms with Crippen LogP contribution in [0.25, 0.3) is 0 Å². The van der Waals surface area contributed by atoms with Gasteiger partial charge in [0.2, 0.25) is 5.91 Å². The smallest absolute Gasteiger partial charge is 0.219 e. The summed E-state index contributed by atoms with van der Waals surface area (Å²) < 4.78 is 0. The number of piperazine rings is 2. The minimum atomic E-state index is -0.455. The monoisotopic (exact) mass is 873 g/mol. The van der Waals surface area contributed by atoms with E-state index in [1.54, 1.807) is 6.92 Å². The van der Waals surface area contributed by atoms with Crippen LogP contribution in [0.3, 0.4) is 0 Å². The molecular formula is C55H92N4O4. The van der Waals surface area contributed by atoms with E-state index in [2.05, 4.69) is 62.9 Å². The first kappa shape index (κ1) is 46.8. The van der Waals surface area contributed by atoms with Gasteiger partial charge in [0, 0.05) is 71.7 Å². The highest BCUT2D eigenvalue weighted by molar-refractivity contribution is 5.84. The number of Topliss-reactive ketones (excluding diaryl/α,β-unsaturated/α-hetero) is 1. The third-order valence-electron chi connectivity index (χ3n) is 22.2. The lowest BCUT2D eigenvalue weighted by atomic mass is 9.48. The molecule has 2 saturated heterocycles. The maximum Gasteiger partial charge on any atom is 0.219 e. The highest BCUT2D eigenvalue weighted by atomic mass is 16.3. The lowest BCUT2D eigenvalue weighted by Crippen LogP contribution is -2.53. The summed E-state index contributed by atoms with van der Waals surface area (Å²) in [5.74, 6) is 10.5. The van der Waals surface area contributed by atoms with Crippen molar-refractivity contribution < 1.29 is 19.8 Å². The van der Waals surface area contributed by atoms with Gasteiger partial charge in [-0.05, 0) is 212 Å². The number of hydrogen-bond acceptors (Lipinski definition) is 7. The topological polar surface area (TPSA) is 87.6 Å². The summed E-state index contributed by atoms with van der Waals surface area (Å²) in [5.41, 5.74) is 1.26. The van der Waals surface area contributed by atoms with Crippen molar-refractivity contribution in [3.8, 4) is 0 Å². The third kappa shape index (κ3) is 8.96. The Bertz CT molecular complexity index is 1660. The molecule has 0 aromatic rings. The number of amides is 1. The number of carbonyl (C=O) groups is 2. The predicted molar refractivity (Wildman–Crippen MR) is 254 cm³/mol. The van der Waals surface area contributed by atoms with Crippen LogP contribution in [0.2, 0.25) is 0 Å². The fourth-order valence-corrected chi connectivity index (χ4v) is 18.5. The van der Waals surface area contributed by atoms with Gasteiger partial charge in [-0.25, -0.2) is 0 Å². The van der Waals surface area contributed by atoms with Gasteiger partial charge in [0.15, 0.2) is 0 Å². The van der Waals surface area contributed by atoms with Crippen LogP contribution in [0.15, 0.2) is 12.2 Å². The van der Waals surface area contributed by atoms with E-state index in [9.17, 15) is 19.8 Å². The molecule has 0 unspecified atom stereocenters. The first-order chi connectivity index (χ1) is 29.9. The van der Waals surface area contributed by atoms with Crippen molar-refractivity contribution >= 4 is 11.7 Å². The van der Waals surface area contributed by atoms with Gasteiger partial charge in [-0.2, -0.15) is 0 Å². The molecule has 0 radical (unpaired) electrons. The number of carbonyl (C=O) groups excluding carboxylic acids is 2. The number of fused-ring (bicyclic) bond motifs is 10. The quantitative estimate of drug-likeness (QED) is 0.258. The van der Waals surface area contributed by atoms with Gasteiger partial charge in [0.25, 0.3) is 0 Å². The van der Waals surface area contributed by atoms with Crippen LogP contribution >= 0.6 is 0 Å². The zero-order valence-electron chi connectivity index (χ0n) is 41.3. The van der Waals surface area contributed by atoms with Crippen molar-refractivity contribution in [3.05, 3.63) is 12.2 Å². The molecule has 8 nitrogen and oxygen atoms in total. The molecule has 2 aliphatic heterocycles. The molecule has 8 aliphatic carbocycles. The van der Waals surface area contributed by atoms with Crippen LogP contribution in [-0.2, 0) is 9.59 Å². The molecule has 356 valence electrons. The molecule has 1 amide bonds. The van der Waals surface area contributed by atoms with Crippen molar-refractivity contribution in [1.29, 1.82) is 0 Å². The van der Waals surface area contributed by atoms with E-state index in [0.29, 0.717) is 35.5 Å². The summed E-state index contributed by atoms with van der Waals surface area (Å²) in [6.45, 7) is 27.6. The van der Waals surface area contributed by atoms with E-state index in [1.807, 2.05) is 4.90 Å². The lowest BCUT2D eigenvalue weighted by Gasteiger charge is -2.58. The van der Waals surface area contributed by atoms with Gasteiger partial charge in [0.1, 0.15) is 5.78 Å². The molecule has 0 aromatic heterocycles. The fraction of sp³-hybridized carbons (Fsp3) is 0.927. The van der Waals surface area contributed by atoms with E-state index in [0.717, 1.165) is 144 Å². The summed E-state index contributed by atoms with van der Waals surface area (Å²) in [4.78, 5) is 34.4. The average Bonchev–Trinajstić information content (AvgIpc) is 3.79. The van der Waals surface area contributed by atoms with Gasteiger partial charge < -0.3 is 20.0 Å². The molecule has 8 heteroatoms. The highest BCUT2D eigenvalue weighted by Crippen LogP contribution is 2.67. The summed E-state index contributed by atoms with van der Waals surface area (Å²) >= 11 is 0. The first-order valence-electron chi connectivity index (χ1n) is 26.9. The molecule has 8 saturated carbocycles. The SMILES string of the molecule is C=C(CN1CCN(C(C)=O)CC1)[C@H]1CC[C@H]2[C@@H]3CC[C@H]4C[C@](C)(O)[C@@H](C)C[C@@H]4[C@H]3CC[C@]12C.CN1CCN(CC(=O)[C@H]2CC[C@H]3[C@@H]4CC[C@@H]5C[C@](C)(O)CC[C@@H]5[C@H]4CC[C@]23C)CC1. The molecule has 2 heterocycles. The number of rotatable bonds is 6. The Balaban J connectivity index is 0.000000161. The van der Waals surface area contributed by atoms with Gasteiger partial charge in [0.05, 0.1) is 17.7 Å². The van der Waals surface area contributed by atoms with Gasteiger partial charge in [-0.15, -0.1) is 0 Å². The predicted octanol–water partition coefficient (Wildman–Crippen LogP) is 8.80. The molecule has 0 spiro atoms. The summed E-state index contributed by atoms with van der Waals surface area (Å²) in [6.07, 6.45) is 21.4. The Morgan fingerprint density at radius 2 is 1.11 bits per heavy atom. The minimum Gasteiger partial charge on any atom is -0.390 e. The molecule has 17 atom stereocenters. The van der Waals surface area contributed by atoms with E-state index < -0.39 is 11.2 Å². The number of ketones is 1. The molecular weight excluding hydrogens is 781 g/mol. The minimum absolute atomic E-state index is 0.210. The maximum atomic E-state index is 13.4. The third-order valence-corrected chi connectivity index (χ3v) is 22.2. The Kier molecular flexibility index (Phi) is 13.3. The van der Waals surface area contributed by atoms with Crippen LogP contribution in [0.1, 0.15) is 151 Å². The highest BCUT2D eigenvalue weighted by Gasteiger charge is 2.60. The van der Waals surface area contributed by atoms with Crippen LogP contribution in [0.5, 0.6) is 0 Å². The Labute approximate surface area is 384 Å². The zero-order valence-corrected chi connectivity index (χ0v) is 41.3. The molecule has 10 aliphatic rings. The molecule has 2 N–H and O–H groups in total. The molecule has 0 bridgehead atoms. The lowest BCUT2D eigenvalue weighted by molar-refractivity contribution is -0.133.